The van der Waals surface area contributed by atoms with Crippen LogP contribution in [0.25, 0.3) is 6.08 Å². The monoisotopic (exact) mass is 258 g/mol. The zero-order valence-corrected chi connectivity index (χ0v) is 11.1. The summed E-state index contributed by atoms with van der Waals surface area (Å²) in [6, 6.07) is 7.94. The molecule has 1 heterocycles. The average molecular weight is 258 g/mol. The van der Waals surface area contributed by atoms with Crippen LogP contribution in [-0.4, -0.2) is 36.3 Å². The lowest BCUT2D eigenvalue weighted by Gasteiger charge is -2.16. The van der Waals surface area contributed by atoms with Gasteiger partial charge in [0.1, 0.15) is 0 Å². The van der Waals surface area contributed by atoms with Gasteiger partial charge in [-0.3, -0.25) is 9.59 Å². The molecule has 1 N–H and O–H groups in total. The summed E-state index contributed by atoms with van der Waals surface area (Å²) in [6.45, 7) is 3.44. The Morgan fingerprint density at radius 1 is 1.32 bits per heavy atom. The maximum absolute atomic E-state index is 12.0. The second kappa shape index (κ2) is 6.18. The van der Waals surface area contributed by atoms with Crippen molar-refractivity contribution in [3.63, 3.8) is 0 Å². The fourth-order valence-corrected chi connectivity index (χ4v) is 1.94. The van der Waals surface area contributed by atoms with Gasteiger partial charge < -0.3 is 10.2 Å². The molecule has 19 heavy (non-hydrogen) atoms. The van der Waals surface area contributed by atoms with Gasteiger partial charge in [-0.2, -0.15) is 0 Å². The van der Waals surface area contributed by atoms with E-state index in [-0.39, 0.29) is 18.4 Å². The number of carbonyl (C=O) groups excluding carboxylic acids is 2. The SMILES string of the molecule is Cc1ccc(C=CC(=O)N2CCCNC(=O)C2)cc1. The van der Waals surface area contributed by atoms with E-state index in [4.69, 9.17) is 0 Å². The number of benzene rings is 1. The van der Waals surface area contributed by atoms with E-state index in [2.05, 4.69) is 5.32 Å². The van der Waals surface area contributed by atoms with Crippen LogP contribution in [0.15, 0.2) is 30.3 Å². The van der Waals surface area contributed by atoms with Gasteiger partial charge in [0.15, 0.2) is 0 Å². The van der Waals surface area contributed by atoms with Crippen molar-refractivity contribution in [1.29, 1.82) is 0 Å². The molecule has 0 atom stereocenters. The minimum atomic E-state index is -0.113. The Hall–Kier alpha value is -2.10. The Balaban J connectivity index is 1.99. The molecule has 1 aromatic carbocycles. The number of hydrogen-bond donors (Lipinski definition) is 1. The highest BCUT2D eigenvalue weighted by Gasteiger charge is 2.17. The van der Waals surface area contributed by atoms with Gasteiger partial charge in [-0.05, 0) is 25.0 Å². The van der Waals surface area contributed by atoms with Gasteiger partial charge in [0, 0.05) is 19.2 Å². The quantitative estimate of drug-likeness (QED) is 0.814. The molecule has 0 saturated carbocycles. The zero-order chi connectivity index (χ0) is 13.7. The van der Waals surface area contributed by atoms with Crippen molar-refractivity contribution in [3.05, 3.63) is 41.5 Å². The summed E-state index contributed by atoms with van der Waals surface area (Å²) < 4.78 is 0. The summed E-state index contributed by atoms with van der Waals surface area (Å²) >= 11 is 0. The smallest absolute Gasteiger partial charge is 0.247 e. The maximum atomic E-state index is 12.0. The van der Waals surface area contributed by atoms with Crippen molar-refractivity contribution < 1.29 is 9.59 Å². The second-order valence-electron chi connectivity index (χ2n) is 4.71. The third-order valence-electron chi connectivity index (χ3n) is 3.07. The molecule has 1 saturated heterocycles. The summed E-state index contributed by atoms with van der Waals surface area (Å²) in [5, 5.41) is 2.75. The van der Waals surface area contributed by atoms with E-state index in [1.807, 2.05) is 31.2 Å². The number of rotatable bonds is 2. The predicted octanol–water partition coefficient (Wildman–Crippen LogP) is 1.36. The number of carbonyl (C=O) groups is 2. The van der Waals surface area contributed by atoms with Crippen molar-refractivity contribution in [2.75, 3.05) is 19.6 Å². The molecule has 1 aliphatic heterocycles. The minimum absolute atomic E-state index is 0.0883. The van der Waals surface area contributed by atoms with Crippen LogP contribution in [0.2, 0.25) is 0 Å². The van der Waals surface area contributed by atoms with Crippen molar-refractivity contribution >= 4 is 17.9 Å². The molecule has 2 amide bonds. The molecular weight excluding hydrogens is 240 g/mol. The standard InChI is InChI=1S/C15H18N2O2/c1-12-3-5-13(6-4-12)7-8-15(19)17-10-2-9-16-14(18)11-17/h3-8H,2,9-11H2,1H3,(H,16,18). The van der Waals surface area contributed by atoms with Crippen LogP contribution in [0.3, 0.4) is 0 Å². The molecule has 1 aliphatic rings. The second-order valence-corrected chi connectivity index (χ2v) is 4.71. The van der Waals surface area contributed by atoms with Crippen molar-refractivity contribution in [1.82, 2.24) is 10.2 Å². The molecule has 4 heteroatoms. The van der Waals surface area contributed by atoms with E-state index in [1.54, 1.807) is 11.0 Å². The average Bonchev–Trinajstić information content (AvgIpc) is 2.62. The van der Waals surface area contributed by atoms with E-state index in [0.717, 1.165) is 12.0 Å². The molecule has 1 aromatic rings. The van der Waals surface area contributed by atoms with Gasteiger partial charge in [0.25, 0.3) is 0 Å². The molecule has 4 nitrogen and oxygen atoms in total. The van der Waals surface area contributed by atoms with E-state index >= 15 is 0 Å². The largest absolute Gasteiger partial charge is 0.354 e. The molecule has 0 aliphatic carbocycles. The molecular formula is C15H18N2O2. The highest BCUT2D eigenvalue weighted by atomic mass is 16.2. The Kier molecular flexibility index (Phi) is 4.34. The summed E-state index contributed by atoms with van der Waals surface area (Å²) in [4.78, 5) is 25.0. The molecule has 0 unspecified atom stereocenters. The Labute approximate surface area is 113 Å². The highest BCUT2D eigenvalue weighted by Crippen LogP contribution is 2.06. The molecule has 0 bridgehead atoms. The fraction of sp³-hybridized carbons (Fsp3) is 0.333. The van der Waals surface area contributed by atoms with E-state index in [1.165, 1.54) is 11.6 Å². The zero-order valence-electron chi connectivity index (χ0n) is 11.1. The first kappa shape index (κ1) is 13.3. The first-order valence-corrected chi connectivity index (χ1v) is 6.45. The predicted molar refractivity (Wildman–Crippen MR) is 74.4 cm³/mol. The Morgan fingerprint density at radius 2 is 2.05 bits per heavy atom. The summed E-state index contributed by atoms with van der Waals surface area (Å²) in [5.41, 5.74) is 2.17. The first-order chi connectivity index (χ1) is 9.15. The van der Waals surface area contributed by atoms with E-state index in [9.17, 15) is 9.59 Å². The lowest BCUT2D eigenvalue weighted by Crippen LogP contribution is -2.36. The van der Waals surface area contributed by atoms with Gasteiger partial charge in [-0.1, -0.05) is 29.8 Å². The number of hydrogen-bond acceptors (Lipinski definition) is 2. The van der Waals surface area contributed by atoms with Crippen LogP contribution in [0.5, 0.6) is 0 Å². The first-order valence-electron chi connectivity index (χ1n) is 6.45. The maximum Gasteiger partial charge on any atom is 0.247 e. The summed E-state index contributed by atoms with van der Waals surface area (Å²) in [6.07, 6.45) is 4.11. The molecule has 0 aromatic heterocycles. The summed E-state index contributed by atoms with van der Waals surface area (Å²) in [5.74, 6) is -0.202. The molecule has 100 valence electrons. The van der Waals surface area contributed by atoms with Gasteiger partial charge in [0.05, 0.1) is 6.54 Å². The van der Waals surface area contributed by atoms with Gasteiger partial charge in [-0.25, -0.2) is 0 Å². The third kappa shape index (κ3) is 3.95. The van der Waals surface area contributed by atoms with Gasteiger partial charge in [0.2, 0.25) is 11.8 Å². The van der Waals surface area contributed by atoms with Crippen LogP contribution in [0, 0.1) is 6.92 Å². The number of nitrogens with one attached hydrogen (secondary N) is 1. The Morgan fingerprint density at radius 3 is 2.79 bits per heavy atom. The van der Waals surface area contributed by atoms with Crippen LogP contribution in [0.4, 0.5) is 0 Å². The normalized spacial score (nSPS) is 16.3. The Bertz CT molecular complexity index is 491. The lowest BCUT2D eigenvalue weighted by molar-refractivity contribution is -0.131. The molecule has 0 spiro atoms. The van der Waals surface area contributed by atoms with Crippen molar-refractivity contribution in [3.8, 4) is 0 Å². The van der Waals surface area contributed by atoms with Crippen LogP contribution in [-0.2, 0) is 9.59 Å². The number of aryl methyl sites for hydroxylation is 1. The van der Waals surface area contributed by atoms with Crippen LogP contribution < -0.4 is 5.32 Å². The minimum Gasteiger partial charge on any atom is -0.354 e. The van der Waals surface area contributed by atoms with Crippen LogP contribution >= 0.6 is 0 Å². The number of amides is 2. The van der Waals surface area contributed by atoms with Gasteiger partial charge >= 0.3 is 0 Å². The fourth-order valence-electron chi connectivity index (χ4n) is 1.94. The third-order valence-corrected chi connectivity index (χ3v) is 3.07. The highest BCUT2D eigenvalue weighted by molar-refractivity contribution is 5.94. The van der Waals surface area contributed by atoms with Crippen LogP contribution in [0.1, 0.15) is 17.5 Å². The summed E-state index contributed by atoms with van der Waals surface area (Å²) in [7, 11) is 0. The topological polar surface area (TPSA) is 49.4 Å². The van der Waals surface area contributed by atoms with Gasteiger partial charge in [-0.15, -0.1) is 0 Å². The lowest BCUT2D eigenvalue weighted by atomic mass is 10.1. The molecule has 0 radical (unpaired) electrons. The molecule has 1 fully saturated rings. The van der Waals surface area contributed by atoms with E-state index < -0.39 is 0 Å². The van der Waals surface area contributed by atoms with Crippen molar-refractivity contribution in [2.45, 2.75) is 13.3 Å². The molecule has 2 rings (SSSR count). The van der Waals surface area contributed by atoms with Crippen molar-refractivity contribution in [2.24, 2.45) is 0 Å². The number of nitrogens with zero attached hydrogens (tertiary/aromatic N) is 1. The van der Waals surface area contributed by atoms with E-state index in [0.29, 0.717) is 13.1 Å².